The molecule has 7 heteroatoms. The van der Waals surface area contributed by atoms with Gasteiger partial charge in [-0.2, -0.15) is 13.2 Å². The molecule has 0 saturated carbocycles. The first-order chi connectivity index (χ1) is 10.3. The predicted octanol–water partition coefficient (Wildman–Crippen LogP) is 3.87. The molecular weight excluding hydrogens is 298 g/mol. The number of anilines is 2. The third-order valence-electron chi connectivity index (χ3n) is 3.02. The Kier molecular flexibility index (Phi) is 4.85. The molecule has 2 rings (SSSR count). The molecule has 118 valence electrons. The predicted molar refractivity (Wildman–Crippen MR) is 76.9 cm³/mol. The average Bonchev–Trinajstić information content (AvgIpc) is 2.44. The molecule has 0 aliphatic rings. The van der Waals surface area contributed by atoms with E-state index in [0.29, 0.717) is 19.4 Å². The second kappa shape index (κ2) is 6.64. The van der Waals surface area contributed by atoms with Crippen molar-refractivity contribution in [3.05, 3.63) is 53.5 Å². The van der Waals surface area contributed by atoms with Crippen molar-refractivity contribution in [1.82, 2.24) is 4.98 Å². The van der Waals surface area contributed by atoms with Crippen LogP contribution >= 0.6 is 0 Å². The molecule has 1 aromatic carbocycles. The van der Waals surface area contributed by atoms with Crippen molar-refractivity contribution in [2.24, 2.45) is 0 Å². The number of nitrogens with zero attached hydrogens (tertiary/aromatic N) is 1. The van der Waals surface area contributed by atoms with Crippen LogP contribution in [0.5, 0.6) is 0 Å². The third kappa shape index (κ3) is 4.61. The lowest BCUT2D eigenvalue weighted by Gasteiger charge is -2.11. The minimum absolute atomic E-state index is 0.184. The van der Waals surface area contributed by atoms with Gasteiger partial charge in [-0.05, 0) is 36.6 Å². The van der Waals surface area contributed by atoms with E-state index in [1.807, 2.05) is 0 Å². The van der Waals surface area contributed by atoms with Crippen molar-refractivity contribution in [3.8, 4) is 0 Å². The highest BCUT2D eigenvalue weighted by Crippen LogP contribution is 2.30. The number of nitrogens with one attached hydrogen (secondary N) is 1. The Hall–Kier alpha value is -2.31. The largest absolute Gasteiger partial charge is 0.433 e. The molecule has 0 unspecified atom stereocenters. The number of pyridine rings is 1. The number of rotatable bonds is 5. The second-order valence-electron chi connectivity index (χ2n) is 4.82. The van der Waals surface area contributed by atoms with E-state index in [2.05, 4.69) is 10.3 Å². The number of halogens is 4. The summed E-state index contributed by atoms with van der Waals surface area (Å²) in [6, 6.07) is 8.40. The number of hydrogen-bond acceptors (Lipinski definition) is 3. The van der Waals surface area contributed by atoms with Gasteiger partial charge in [-0.15, -0.1) is 0 Å². The highest BCUT2D eigenvalue weighted by atomic mass is 19.4. The first-order valence-corrected chi connectivity index (χ1v) is 6.67. The fourth-order valence-corrected chi connectivity index (χ4v) is 1.98. The molecule has 2 aromatic rings. The molecule has 0 bridgehead atoms. The zero-order valence-electron chi connectivity index (χ0n) is 11.6. The van der Waals surface area contributed by atoms with Gasteiger partial charge in [0.05, 0.1) is 0 Å². The van der Waals surface area contributed by atoms with Crippen LogP contribution in [0.2, 0.25) is 0 Å². The van der Waals surface area contributed by atoms with Gasteiger partial charge in [0, 0.05) is 18.3 Å². The molecule has 0 spiro atoms. The van der Waals surface area contributed by atoms with Crippen LogP contribution in [0.15, 0.2) is 36.4 Å². The van der Waals surface area contributed by atoms with E-state index < -0.39 is 11.9 Å². The number of aryl methyl sites for hydroxylation is 1. The number of benzene rings is 1. The molecule has 0 fully saturated rings. The van der Waals surface area contributed by atoms with Gasteiger partial charge in [0.1, 0.15) is 17.3 Å². The second-order valence-corrected chi connectivity index (χ2v) is 4.82. The van der Waals surface area contributed by atoms with E-state index in [9.17, 15) is 17.6 Å². The molecule has 0 aliphatic heterocycles. The van der Waals surface area contributed by atoms with E-state index in [1.54, 1.807) is 12.1 Å². The average molecular weight is 313 g/mol. The lowest BCUT2D eigenvalue weighted by atomic mass is 10.1. The number of nitrogen functional groups attached to an aromatic ring is 1. The molecule has 3 nitrogen and oxygen atoms in total. The number of hydrogen-bond donors (Lipinski definition) is 2. The molecule has 3 N–H and O–H groups in total. The molecule has 1 heterocycles. The van der Waals surface area contributed by atoms with Gasteiger partial charge in [-0.25, -0.2) is 9.37 Å². The summed E-state index contributed by atoms with van der Waals surface area (Å²) in [5.41, 5.74) is 5.60. The van der Waals surface area contributed by atoms with Crippen LogP contribution in [0, 0.1) is 5.82 Å². The van der Waals surface area contributed by atoms with E-state index in [1.165, 1.54) is 18.2 Å². The minimum atomic E-state index is -4.53. The summed E-state index contributed by atoms with van der Waals surface area (Å²) in [6.45, 7) is 0.470. The maximum Gasteiger partial charge on any atom is 0.433 e. The lowest BCUT2D eigenvalue weighted by Crippen LogP contribution is -2.11. The van der Waals surface area contributed by atoms with Crippen LogP contribution in [-0.4, -0.2) is 11.5 Å². The number of alkyl halides is 3. The Balaban J connectivity index is 1.89. The van der Waals surface area contributed by atoms with Crippen LogP contribution in [-0.2, 0) is 12.6 Å². The normalized spacial score (nSPS) is 11.5. The molecular formula is C15H15F4N3. The summed E-state index contributed by atoms with van der Waals surface area (Å²) in [6.07, 6.45) is -3.14. The molecule has 0 atom stereocenters. The van der Waals surface area contributed by atoms with Crippen molar-refractivity contribution < 1.29 is 17.6 Å². The first-order valence-electron chi connectivity index (χ1n) is 6.67. The fraction of sp³-hybridized carbons (Fsp3) is 0.267. The van der Waals surface area contributed by atoms with Crippen LogP contribution < -0.4 is 11.1 Å². The summed E-state index contributed by atoms with van der Waals surface area (Å²) in [4.78, 5) is 3.27. The van der Waals surface area contributed by atoms with Crippen LogP contribution in [0.4, 0.5) is 29.1 Å². The Morgan fingerprint density at radius 2 is 1.77 bits per heavy atom. The summed E-state index contributed by atoms with van der Waals surface area (Å²) >= 11 is 0. The fourth-order valence-electron chi connectivity index (χ4n) is 1.98. The number of nitrogens with two attached hydrogens (primary N) is 1. The molecule has 0 radical (unpaired) electrons. The zero-order valence-corrected chi connectivity index (χ0v) is 11.6. The van der Waals surface area contributed by atoms with Crippen molar-refractivity contribution >= 4 is 11.5 Å². The van der Waals surface area contributed by atoms with Gasteiger partial charge in [0.2, 0.25) is 0 Å². The third-order valence-corrected chi connectivity index (χ3v) is 3.02. The molecule has 22 heavy (non-hydrogen) atoms. The van der Waals surface area contributed by atoms with Crippen molar-refractivity contribution in [2.45, 2.75) is 19.0 Å². The summed E-state index contributed by atoms with van der Waals surface area (Å²) in [7, 11) is 0. The zero-order chi connectivity index (χ0) is 16.2. The maximum absolute atomic E-state index is 12.7. The van der Waals surface area contributed by atoms with Gasteiger partial charge in [-0.1, -0.05) is 12.1 Å². The van der Waals surface area contributed by atoms with Crippen molar-refractivity contribution in [3.63, 3.8) is 0 Å². The van der Waals surface area contributed by atoms with Crippen LogP contribution in [0.3, 0.4) is 0 Å². The van der Waals surface area contributed by atoms with Gasteiger partial charge in [0.15, 0.2) is 0 Å². The van der Waals surface area contributed by atoms with E-state index in [-0.39, 0.29) is 17.3 Å². The summed E-state index contributed by atoms with van der Waals surface area (Å²) in [5, 5.41) is 2.89. The Morgan fingerprint density at radius 1 is 1.09 bits per heavy atom. The van der Waals surface area contributed by atoms with Gasteiger partial charge < -0.3 is 11.1 Å². The molecule has 0 aliphatic carbocycles. The standard InChI is InChI=1S/C15H15F4N3/c16-11-5-3-10(4-6-11)2-1-7-21-12-8-13(15(17,18)19)22-14(20)9-12/h3-6,8-9H,1-2,7H2,(H3,20,21,22). The van der Waals surface area contributed by atoms with Crippen molar-refractivity contribution in [1.29, 1.82) is 0 Å². The molecule has 1 aromatic heterocycles. The highest BCUT2D eigenvalue weighted by Gasteiger charge is 2.33. The summed E-state index contributed by atoms with van der Waals surface area (Å²) < 4.78 is 50.6. The molecule has 0 saturated heterocycles. The summed E-state index contributed by atoms with van der Waals surface area (Å²) in [5.74, 6) is -0.482. The van der Waals surface area contributed by atoms with Crippen molar-refractivity contribution in [2.75, 3.05) is 17.6 Å². The Bertz CT molecular complexity index is 624. The smallest absolute Gasteiger partial charge is 0.385 e. The quantitative estimate of drug-likeness (QED) is 0.651. The van der Waals surface area contributed by atoms with Gasteiger partial charge >= 0.3 is 6.18 Å². The highest BCUT2D eigenvalue weighted by molar-refractivity contribution is 5.52. The Morgan fingerprint density at radius 3 is 2.41 bits per heavy atom. The minimum Gasteiger partial charge on any atom is -0.385 e. The van der Waals surface area contributed by atoms with Gasteiger partial charge in [-0.3, -0.25) is 0 Å². The first kappa shape index (κ1) is 16.1. The maximum atomic E-state index is 12.7. The monoisotopic (exact) mass is 313 g/mol. The van der Waals surface area contributed by atoms with Crippen LogP contribution in [0.1, 0.15) is 17.7 Å². The van der Waals surface area contributed by atoms with E-state index in [0.717, 1.165) is 11.6 Å². The number of aromatic nitrogens is 1. The molecule has 0 amide bonds. The topological polar surface area (TPSA) is 50.9 Å². The van der Waals surface area contributed by atoms with Crippen LogP contribution in [0.25, 0.3) is 0 Å². The lowest BCUT2D eigenvalue weighted by molar-refractivity contribution is -0.141. The van der Waals surface area contributed by atoms with Gasteiger partial charge in [0.25, 0.3) is 0 Å². The van der Waals surface area contributed by atoms with E-state index >= 15 is 0 Å². The Labute approximate surface area is 125 Å². The SMILES string of the molecule is Nc1cc(NCCCc2ccc(F)cc2)cc(C(F)(F)F)n1. The van der Waals surface area contributed by atoms with E-state index in [4.69, 9.17) is 5.73 Å².